The summed E-state index contributed by atoms with van der Waals surface area (Å²) in [5.41, 5.74) is 0.126. The predicted molar refractivity (Wildman–Crippen MR) is 52.9 cm³/mol. The highest BCUT2D eigenvalue weighted by Gasteiger charge is 2.14. The molecule has 13 heavy (non-hydrogen) atoms. The highest BCUT2D eigenvalue weighted by Crippen LogP contribution is 2.21. The lowest BCUT2D eigenvalue weighted by Gasteiger charge is -2.17. The molecule has 1 rings (SSSR count). The van der Waals surface area contributed by atoms with Gasteiger partial charge in [0.15, 0.2) is 0 Å². The van der Waals surface area contributed by atoms with Gasteiger partial charge >= 0.3 is 0 Å². The molecule has 0 aromatic heterocycles. The van der Waals surface area contributed by atoms with E-state index in [1.807, 2.05) is 31.2 Å². The van der Waals surface area contributed by atoms with Gasteiger partial charge in [0.05, 0.1) is 12.2 Å². The fraction of sp³-hybridized carbons (Fsp3) is 0.455. The highest BCUT2D eigenvalue weighted by atomic mass is 16.5. The minimum absolute atomic E-state index is 0.669. The lowest BCUT2D eigenvalue weighted by Crippen LogP contribution is -2.14. The van der Waals surface area contributed by atoms with Crippen LogP contribution in [0.25, 0.3) is 0 Å². The molecule has 0 bridgehead atoms. The molecule has 0 unspecified atom stereocenters. The van der Waals surface area contributed by atoms with Crippen LogP contribution in [0.1, 0.15) is 26.3 Å². The van der Waals surface area contributed by atoms with E-state index in [4.69, 9.17) is 4.74 Å². The van der Waals surface area contributed by atoms with Crippen LogP contribution < -0.4 is 4.74 Å². The quantitative estimate of drug-likeness (QED) is 0.773. The zero-order valence-corrected chi connectivity index (χ0v) is 8.37. The Kier molecular flexibility index (Phi) is 2.94. The average Bonchev–Trinajstić information content (AvgIpc) is 2.04. The molecular weight excluding hydrogens is 164 g/mol. The van der Waals surface area contributed by atoms with Crippen LogP contribution in [0, 0.1) is 0 Å². The molecule has 1 aromatic carbocycles. The standard InChI is InChI=1S/C11H16O2/c1-4-13-10-7-5-9(6-8-10)11(2,3)12/h5-8,12H,4H2,1-3H3. The summed E-state index contributed by atoms with van der Waals surface area (Å²) >= 11 is 0. The third-order valence-electron chi connectivity index (χ3n) is 1.87. The molecule has 0 fully saturated rings. The maximum atomic E-state index is 9.67. The van der Waals surface area contributed by atoms with Crippen LogP contribution in [0.4, 0.5) is 0 Å². The molecule has 2 heteroatoms. The Bertz CT molecular complexity index is 256. The van der Waals surface area contributed by atoms with Crippen LogP contribution in [0.3, 0.4) is 0 Å². The Morgan fingerprint density at radius 3 is 2.15 bits per heavy atom. The fourth-order valence-electron chi connectivity index (χ4n) is 1.13. The minimum atomic E-state index is -0.773. The minimum Gasteiger partial charge on any atom is -0.494 e. The van der Waals surface area contributed by atoms with E-state index in [0.29, 0.717) is 6.61 Å². The first kappa shape index (κ1) is 10.1. The van der Waals surface area contributed by atoms with Crippen molar-refractivity contribution < 1.29 is 9.84 Å². The number of rotatable bonds is 3. The van der Waals surface area contributed by atoms with Gasteiger partial charge in [0.25, 0.3) is 0 Å². The molecule has 2 nitrogen and oxygen atoms in total. The topological polar surface area (TPSA) is 29.5 Å². The van der Waals surface area contributed by atoms with E-state index in [1.165, 1.54) is 0 Å². The first-order valence-electron chi connectivity index (χ1n) is 4.49. The van der Waals surface area contributed by atoms with Gasteiger partial charge in [-0.25, -0.2) is 0 Å². The zero-order valence-electron chi connectivity index (χ0n) is 8.37. The second-order valence-corrected chi connectivity index (χ2v) is 3.52. The van der Waals surface area contributed by atoms with E-state index >= 15 is 0 Å². The first-order valence-corrected chi connectivity index (χ1v) is 4.49. The van der Waals surface area contributed by atoms with Crippen molar-refractivity contribution in [2.45, 2.75) is 26.4 Å². The predicted octanol–water partition coefficient (Wildman–Crippen LogP) is 2.31. The van der Waals surface area contributed by atoms with E-state index in [2.05, 4.69) is 0 Å². The molecule has 1 N–H and O–H groups in total. The summed E-state index contributed by atoms with van der Waals surface area (Å²) in [4.78, 5) is 0. The summed E-state index contributed by atoms with van der Waals surface area (Å²) < 4.78 is 5.29. The molecular formula is C11H16O2. The molecule has 0 aliphatic carbocycles. The van der Waals surface area contributed by atoms with Crippen LogP contribution >= 0.6 is 0 Å². The molecule has 0 atom stereocenters. The van der Waals surface area contributed by atoms with E-state index in [-0.39, 0.29) is 0 Å². The lowest BCUT2D eigenvalue weighted by molar-refractivity contribution is 0.0785. The summed E-state index contributed by atoms with van der Waals surface area (Å²) in [6, 6.07) is 7.50. The van der Waals surface area contributed by atoms with Gasteiger partial charge in [-0.1, -0.05) is 12.1 Å². The Labute approximate surface area is 79.2 Å². The molecule has 0 aliphatic heterocycles. The summed E-state index contributed by atoms with van der Waals surface area (Å²) in [5, 5.41) is 9.67. The first-order chi connectivity index (χ1) is 6.04. The van der Waals surface area contributed by atoms with Gasteiger partial charge in [0.2, 0.25) is 0 Å². The number of benzene rings is 1. The number of aliphatic hydroxyl groups is 1. The van der Waals surface area contributed by atoms with Crippen molar-refractivity contribution in [3.05, 3.63) is 29.8 Å². The lowest BCUT2D eigenvalue weighted by atomic mass is 9.99. The van der Waals surface area contributed by atoms with Crippen LogP contribution in [-0.2, 0) is 5.60 Å². The SMILES string of the molecule is CCOc1ccc(C(C)(C)O)cc1. The largest absolute Gasteiger partial charge is 0.494 e. The van der Waals surface area contributed by atoms with Crippen LogP contribution in [0.2, 0.25) is 0 Å². The van der Waals surface area contributed by atoms with Gasteiger partial charge in [-0.15, -0.1) is 0 Å². The molecule has 0 amide bonds. The summed E-state index contributed by atoms with van der Waals surface area (Å²) in [6.45, 7) is 6.15. The molecule has 0 aliphatic rings. The third kappa shape index (κ3) is 2.74. The van der Waals surface area contributed by atoms with Crippen LogP contribution in [-0.4, -0.2) is 11.7 Å². The normalized spacial score (nSPS) is 11.4. The van der Waals surface area contributed by atoms with E-state index in [1.54, 1.807) is 13.8 Å². The second-order valence-electron chi connectivity index (χ2n) is 3.52. The van der Waals surface area contributed by atoms with Gasteiger partial charge in [0.1, 0.15) is 5.75 Å². The average molecular weight is 180 g/mol. The molecule has 0 saturated carbocycles. The Balaban J connectivity index is 2.81. The van der Waals surface area contributed by atoms with Crippen molar-refractivity contribution in [1.29, 1.82) is 0 Å². The van der Waals surface area contributed by atoms with E-state index < -0.39 is 5.60 Å². The molecule has 0 spiro atoms. The van der Waals surface area contributed by atoms with Gasteiger partial charge in [0, 0.05) is 0 Å². The number of ether oxygens (including phenoxy) is 1. The monoisotopic (exact) mass is 180 g/mol. The van der Waals surface area contributed by atoms with Gasteiger partial charge in [-0.2, -0.15) is 0 Å². The van der Waals surface area contributed by atoms with Gasteiger partial charge in [-0.3, -0.25) is 0 Å². The van der Waals surface area contributed by atoms with Crippen molar-refractivity contribution in [2.24, 2.45) is 0 Å². The van der Waals surface area contributed by atoms with Crippen molar-refractivity contribution >= 4 is 0 Å². The van der Waals surface area contributed by atoms with Gasteiger partial charge < -0.3 is 9.84 Å². The van der Waals surface area contributed by atoms with E-state index in [9.17, 15) is 5.11 Å². The highest BCUT2D eigenvalue weighted by molar-refractivity contribution is 5.29. The van der Waals surface area contributed by atoms with E-state index in [0.717, 1.165) is 11.3 Å². The van der Waals surface area contributed by atoms with Crippen molar-refractivity contribution in [1.82, 2.24) is 0 Å². The Morgan fingerprint density at radius 1 is 1.23 bits per heavy atom. The molecule has 0 saturated heterocycles. The zero-order chi connectivity index (χ0) is 9.90. The fourth-order valence-corrected chi connectivity index (χ4v) is 1.13. The Morgan fingerprint density at radius 2 is 1.77 bits per heavy atom. The van der Waals surface area contributed by atoms with Gasteiger partial charge in [-0.05, 0) is 38.5 Å². The molecule has 0 radical (unpaired) electrons. The van der Waals surface area contributed by atoms with Crippen molar-refractivity contribution in [3.63, 3.8) is 0 Å². The summed E-state index contributed by atoms with van der Waals surface area (Å²) in [5.74, 6) is 0.843. The van der Waals surface area contributed by atoms with Crippen LogP contribution in [0.15, 0.2) is 24.3 Å². The number of hydrogen-bond donors (Lipinski definition) is 1. The molecule has 1 aromatic rings. The summed E-state index contributed by atoms with van der Waals surface area (Å²) in [6.07, 6.45) is 0. The maximum absolute atomic E-state index is 9.67. The van der Waals surface area contributed by atoms with Crippen LogP contribution in [0.5, 0.6) is 5.75 Å². The van der Waals surface area contributed by atoms with Crippen molar-refractivity contribution in [2.75, 3.05) is 6.61 Å². The third-order valence-corrected chi connectivity index (χ3v) is 1.87. The summed E-state index contributed by atoms with van der Waals surface area (Å²) in [7, 11) is 0. The Hall–Kier alpha value is -1.02. The maximum Gasteiger partial charge on any atom is 0.119 e. The van der Waals surface area contributed by atoms with Crippen molar-refractivity contribution in [3.8, 4) is 5.75 Å². The molecule has 72 valence electrons. The second kappa shape index (κ2) is 3.79. The number of hydrogen-bond acceptors (Lipinski definition) is 2. The smallest absolute Gasteiger partial charge is 0.119 e. The molecule has 0 heterocycles.